The number of rotatable bonds is 2. The van der Waals surface area contributed by atoms with E-state index in [9.17, 15) is 14.0 Å². The molecule has 2 N–H and O–H groups in total. The van der Waals surface area contributed by atoms with Gasteiger partial charge >= 0.3 is 0 Å². The molecule has 4 rings (SSSR count). The van der Waals surface area contributed by atoms with E-state index >= 15 is 0 Å². The quantitative estimate of drug-likeness (QED) is 0.711. The van der Waals surface area contributed by atoms with Crippen LogP contribution in [-0.2, 0) is 6.42 Å². The summed E-state index contributed by atoms with van der Waals surface area (Å²) < 4.78 is 13.9. The summed E-state index contributed by atoms with van der Waals surface area (Å²) >= 11 is 0. The second-order valence-corrected chi connectivity index (χ2v) is 6.05. The summed E-state index contributed by atoms with van der Waals surface area (Å²) in [5.74, 6) is -0.696. The van der Waals surface area contributed by atoms with Gasteiger partial charge in [-0.25, -0.2) is 4.39 Å². The molecular formula is C19H15FN2O2. The van der Waals surface area contributed by atoms with Gasteiger partial charge in [-0.3, -0.25) is 9.59 Å². The van der Waals surface area contributed by atoms with E-state index in [-0.39, 0.29) is 5.91 Å². The summed E-state index contributed by atoms with van der Waals surface area (Å²) in [7, 11) is 0. The van der Waals surface area contributed by atoms with Crippen LogP contribution < -0.4 is 5.32 Å². The number of nitrogens with one attached hydrogen (secondary N) is 2. The zero-order valence-electron chi connectivity index (χ0n) is 13.1. The minimum Gasteiger partial charge on any atom is -0.354 e. The molecule has 0 radical (unpaired) electrons. The van der Waals surface area contributed by atoms with Crippen molar-refractivity contribution in [3.05, 3.63) is 58.4 Å². The number of hydrogen-bond acceptors (Lipinski definition) is 2. The van der Waals surface area contributed by atoms with Crippen molar-refractivity contribution in [1.29, 1.82) is 0 Å². The van der Waals surface area contributed by atoms with Crippen LogP contribution in [0.25, 0.3) is 22.2 Å². The first-order valence-corrected chi connectivity index (χ1v) is 7.77. The average molecular weight is 322 g/mol. The maximum absolute atomic E-state index is 13.9. The Morgan fingerprint density at radius 2 is 2.00 bits per heavy atom. The van der Waals surface area contributed by atoms with E-state index in [0.29, 0.717) is 29.6 Å². The standard InChI is InChI=1S/C19H15FN2O2/c1-10-6-11(9-23)2-3-13(10)18-14-4-5-21-19(24)15-7-12(20)8-16(22-18)17(14)15/h2-3,6-9,22H,4-5H2,1H3,(H,21,24). The second kappa shape index (κ2) is 5.30. The first-order valence-electron chi connectivity index (χ1n) is 7.77. The van der Waals surface area contributed by atoms with Crippen LogP contribution in [0.5, 0.6) is 0 Å². The van der Waals surface area contributed by atoms with Crippen molar-refractivity contribution in [2.45, 2.75) is 13.3 Å². The third kappa shape index (κ3) is 2.12. The Hall–Kier alpha value is -2.95. The fourth-order valence-electron chi connectivity index (χ4n) is 3.46. The van der Waals surface area contributed by atoms with Crippen LogP contribution in [0.3, 0.4) is 0 Å². The molecule has 2 aromatic carbocycles. The number of aromatic amines is 1. The monoisotopic (exact) mass is 322 g/mol. The molecule has 4 nitrogen and oxygen atoms in total. The van der Waals surface area contributed by atoms with E-state index in [0.717, 1.165) is 34.1 Å². The molecule has 0 spiro atoms. The van der Waals surface area contributed by atoms with Crippen LogP contribution in [0, 0.1) is 12.7 Å². The van der Waals surface area contributed by atoms with Crippen LogP contribution >= 0.6 is 0 Å². The fraction of sp³-hybridized carbons (Fsp3) is 0.158. The SMILES string of the molecule is Cc1cc(C=O)ccc1-c1[nH]c2cc(F)cc3c2c1CCNC3=O. The fourth-order valence-corrected chi connectivity index (χ4v) is 3.46. The minimum atomic E-state index is -0.443. The summed E-state index contributed by atoms with van der Waals surface area (Å²) in [4.78, 5) is 26.4. The molecule has 0 saturated carbocycles. The Kier molecular flexibility index (Phi) is 3.23. The van der Waals surface area contributed by atoms with Gasteiger partial charge in [0, 0.05) is 28.6 Å². The zero-order valence-corrected chi connectivity index (χ0v) is 13.1. The smallest absolute Gasteiger partial charge is 0.252 e. The van der Waals surface area contributed by atoms with E-state index < -0.39 is 5.82 Å². The van der Waals surface area contributed by atoms with E-state index in [1.807, 2.05) is 19.1 Å². The van der Waals surface area contributed by atoms with Crippen LogP contribution in [-0.4, -0.2) is 23.7 Å². The lowest BCUT2D eigenvalue weighted by Crippen LogP contribution is -2.23. The number of carbonyl (C=O) groups excluding carboxylic acids is 2. The molecule has 1 aliphatic heterocycles. The molecule has 2 heterocycles. The Balaban J connectivity index is 2.04. The number of hydrogen-bond donors (Lipinski definition) is 2. The van der Waals surface area contributed by atoms with Gasteiger partial charge in [0.15, 0.2) is 0 Å². The zero-order chi connectivity index (χ0) is 16.8. The third-order valence-electron chi connectivity index (χ3n) is 4.53. The van der Waals surface area contributed by atoms with Crippen molar-refractivity contribution < 1.29 is 14.0 Å². The topological polar surface area (TPSA) is 62.0 Å². The highest BCUT2D eigenvalue weighted by Gasteiger charge is 2.23. The van der Waals surface area contributed by atoms with Gasteiger partial charge in [0.1, 0.15) is 12.1 Å². The first-order chi connectivity index (χ1) is 11.6. The van der Waals surface area contributed by atoms with Gasteiger partial charge in [-0.05, 0) is 42.7 Å². The number of aryl methyl sites for hydroxylation is 1. The molecule has 0 atom stereocenters. The predicted molar refractivity (Wildman–Crippen MR) is 89.9 cm³/mol. The number of H-pyrrole nitrogens is 1. The van der Waals surface area contributed by atoms with Gasteiger partial charge in [-0.2, -0.15) is 0 Å². The molecule has 0 bridgehead atoms. The summed E-state index contributed by atoms with van der Waals surface area (Å²) in [6.45, 7) is 2.43. The maximum Gasteiger partial charge on any atom is 0.252 e. The molecule has 120 valence electrons. The molecule has 0 unspecified atom stereocenters. The molecule has 0 saturated heterocycles. The van der Waals surface area contributed by atoms with Gasteiger partial charge in [-0.1, -0.05) is 12.1 Å². The Morgan fingerprint density at radius 1 is 1.17 bits per heavy atom. The first kappa shape index (κ1) is 14.6. The van der Waals surface area contributed by atoms with E-state index in [1.54, 1.807) is 6.07 Å². The summed E-state index contributed by atoms with van der Waals surface area (Å²) in [5, 5.41) is 3.59. The van der Waals surface area contributed by atoms with Crippen LogP contribution in [0.4, 0.5) is 4.39 Å². The van der Waals surface area contributed by atoms with Crippen molar-refractivity contribution in [2.75, 3.05) is 6.54 Å². The normalized spacial score (nSPS) is 13.7. The largest absolute Gasteiger partial charge is 0.354 e. The van der Waals surface area contributed by atoms with E-state index in [4.69, 9.17) is 0 Å². The summed E-state index contributed by atoms with van der Waals surface area (Å²) in [5.41, 5.74) is 5.37. The van der Waals surface area contributed by atoms with E-state index in [1.165, 1.54) is 12.1 Å². The highest BCUT2D eigenvalue weighted by molar-refractivity contribution is 6.10. The summed E-state index contributed by atoms with van der Waals surface area (Å²) in [6.07, 6.45) is 1.47. The molecule has 1 aromatic heterocycles. The molecule has 24 heavy (non-hydrogen) atoms. The maximum atomic E-state index is 13.9. The van der Waals surface area contributed by atoms with Crippen molar-refractivity contribution >= 4 is 23.1 Å². The lowest BCUT2D eigenvalue weighted by atomic mass is 9.97. The Labute approximate surface area is 137 Å². The number of carbonyl (C=O) groups is 2. The van der Waals surface area contributed by atoms with Gasteiger partial charge < -0.3 is 10.3 Å². The molecule has 0 fully saturated rings. The summed E-state index contributed by atoms with van der Waals surface area (Å²) in [6, 6.07) is 8.17. The molecular weight excluding hydrogens is 307 g/mol. The van der Waals surface area contributed by atoms with Crippen LogP contribution in [0.2, 0.25) is 0 Å². The van der Waals surface area contributed by atoms with Crippen molar-refractivity contribution in [1.82, 2.24) is 10.3 Å². The van der Waals surface area contributed by atoms with Crippen molar-refractivity contribution in [3.63, 3.8) is 0 Å². The molecule has 0 aliphatic carbocycles. The highest BCUT2D eigenvalue weighted by Crippen LogP contribution is 2.36. The number of aromatic nitrogens is 1. The molecule has 1 aliphatic rings. The van der Waals surface area contributed by atoms with Gasteiger partial charge in [0.25, 0.3) is 5.91 Å². The number of benzene rings is 2. The number of aldehydes is 1. The minimum absolute atomic E-state index is 0.253. The Bertz CT molecular complexity index is 1000. The highest BCUT2D eigenvalue weighted by atomic mass is 19.1. The van der Waals surface area contributed by atoms with Gasteiger partial charge in [-0.15, -0.1) is 0 Å². The predicted octanol–water partition coefficient (Wildman–Crippen LogP) is 3.38. The van der Waals surface area contributed by atoms with Gasteiger partial charge in [0.2, 0.25) is 0 Å². The van der Waals surface area contributed by atoms with Gasteiger partial charge in [0.05, 0.1) is 11.3 Å². The molecule has 5 heteroatoms. The van der Waals surface area contributed by atoms with E-state index in [2.05, 4.69) is 10.3 Å². The number of amides is 1. The molecule has 1 amide bonds. The van der Waals surface area contributed by atoms with Crippen molar-refractivity contribution in [3.8, 4) is 11.3 Å². The second-order valence-electron chi connectivity index (χ2n) is 6.05. The van der Waals surface area contributed by atoms with Crippen molar-refractivity contribution in [2.24, 2.45) is 0 Å². The number of halogens is 1. The average Bonchev–Trinajstić information content (AvgIpc) is 2.82. The van der Waals surface area contributed by atoms with Crippen LogP contribution in [0.15, 0.2) is 30.3 Å². The van der Waals surface area contributed by atoms with Crippen LogP contribution in [0.1, 0.15) is 31.8 Å². The Morgan fingerprint density at radius 3 is 2.75 bits per heavy atom. The third-order valence-corrected chi connectivity index (χ3v) is 4.53. The lowest BCUT2D eigenvalue weighted by Gasteiger charge is -2.08. The molecule has 3 aromatic rings. The lowest BCUT2D eigenvalue weighted by molar-refractivity contribution is 0.0956.